The first-order chi connectivity index (χ1) is 10.6. The van der Waals surface area contributed by atoms with E-state index in [1.165, 1.54) is 0 Å². The van der Waals surface area contributed by atoms with E-state index in [0.717, 1.165) is 11.1 Å². The highest BCUT2D eigenvalue weighted by molar-refractivity contribution is 5.87. The molecule has 0 heterocycles. The largest absolute Gasteiger partial charge is 0.455 e. The third-order valence-corrected chi connectivity index (χ3v) is 3.15. The van der Waals surface area contributed by atoms with Crippen LogP contribution in [0.5, 0.6) is 5.75 Å². The SMILES string of the molecule is C=C(C)C(=O)OC(CC)Oc1ccc(-c2ccccc2)cc1. The van der Waals surface area contributed by atoms with Gasteiger partial charge in [-0.1, -0.05) is 56.0 Å². The van der Waals surface area contributed by atoms with Crippen molar-refractivity contribution in [3.8, 4) is 16.9 Å². The Hall–Kier alpha value is -2.55. The van der Waals surface area contributed by atoms with Gasteiger partial charge in [-0.05, 0) is 30.2 Å². The summed E-state index contributed by atoms with van der Waals surface area (Å²) in [6.45, 7) is 7.08. The third kappa shape index (κ3) is 4.22. The van der Waals surface area contributed by atoms with Crippen molar-refractivity contribution in [2.24, 2.45) is 0 Å². The topological polar surface area (TPSA) is 35.5 Å². The predicted octanol–water partition coefficient (Wildman–Crippen LogP) is 4.59. The van der Waals surface area contributed by atoms with Gasteiger partial charge in [0.15, 0.2) is 0 Å². The maximum absolute atomic E-state index is 11.5. The van der Waals surface area contributed by atoms with Crippen LogP contribution in [-0.4, -0.2) is 12.3 Å². The summed E-state index contributed by atoms with van der Waals surface area (Å²) in [6.07, 6.45) is -0.0359. The van der Waals surface area contributed by atoms with E-state index in [9.17, 15) is 4.79 Å². The van der Waals surface area contributed by atoms with Gasteiger partial charge in [-0.3, -0.25) is 0 Å². The Balaban J connectivity index is 2.04. The standard InChI is InChI=1S/C19H20O3/c1-4-18(22-19(20)14(2)3)21-17-12-10-16(11-13-17)15-8-6-5-7-9-15/h5-13,18H,2,4H2,1,3H3. The fraction of sp³-hybridized carbons (Fsp3) is 0.211. The van der Waals surface area contributed by atoms with Crippen LogP contribution in [0, 0.1) is 0 Å². The van der Waals surface area contributed by atoms with Crippen LogP contribution >= 0.6 is 0 Å². The smallest absolute Gasteiger partial charge is 0.336 e. The molecule has 114 valence electrons. The van der Waals surface area contributed by atoms with Gasteiger partial charge in [0.2, 0.25) is 6.29 Å². The van der Waals surface area contributed by atoms with Gasteiger partial charge < -0.3 is 9.47 Å². The summed E-state index contributed by atoms with van der Waals surface area (Å²) in [6, 6.07) is 17.8. The van der Waals surface area contributed by atoms with Gasteiger partial charge in [-0.25, -0.2) is 4.79 Å². The Labute approximate surface area is 131 Å². The lowest BCUT2D eigenvalue weighted by atomic mass is 10.1. The predicted molar refractivity (Wildman–Crippen MR) is 87.5 cm³/mol. The Kier molecular flexibility index (Phi) is 5.37. The van der Waals surface area contributed by atoms with E-state index in [1.807, 2.05) is 49.4 Å². The van der Waals surface area contributed by atoms with E-state index in [-0.39, 0.29) is 0 Å². The van der Waals surface area contributed by atoms with Crippen LogP contribution in [0.4, 0.5) is 0 Å². The zero-order chi connectivity index (χ0) is 15.9. The van der Waals surface area contributed by atoms with Crippen LogP contribution in [0.25, 0.3) is 11.1 Å². The monoisotopic (exact) mass is 296 g/mol. The van der Waals surface area contributed by atoms with Gasteiger partial charge >= 0.3 is 5.97 Å². The van der Waals surface area contributed by atoms with Gasteiger partial charge in [0.25, 0.3) is 0 Å². The maximum Gasteiger partial charge on any atom is 0.336 e. The molecule has 0 N–H and O–H groups in total. The summed E-state index contributed by atoms with van der Waals surface area (Å²) in [5.41, 5.74) is 2.62. The molecule has 0 saturated heterocycles. The Bertz CT molecular complexity index is 629. The van der Waals surface area contributed by atoms with Gasteiger partial charge in [0.05, 0.1) is 0 Å². The van der Waals surface area contributed by atoms with Crippen LogP contribution in [0.15, 0.2) is 66.7 Å². The van der Waals surface area contributed by atoms with Gasteiger partial charge in [-0.15, -0.1) is 0 Å². The molecule has 2 rings (SSSR count). The number of rotatable bonds is 6. The van der Waals surface area contributed by atoms with E-state index < -0.39 is 12.3 Å². The number of carbonyl (C=O) groups is 1. The number of benzene rings is 2. The molecule has 0 aliphatic heterocycles. The first-order valence-corrected chi connectivity index (χ1v) is 7.28. The summed E-state index contributed by atoms with van der Waals surface area (Å²) < 4.78 is 10.9. The molecule has 3 heteroatoms. The van der Waals surface area contributed by atoms with Gasteiger partial charge in [0, 0.05) is 12.0 Å². The highest BCUT2D eigenvalue weighted by Gasteiger charge is 2.14. The van der Waals surface area contributed by atoms with Crippen molar-refractivity contribution in [1.29, 1.82) is 0 Å². The summed E-state index contributed by atoms with van der Waals surface area (Å²) in [5, 5.41) is 0. The highest BCUT2D eigenvalue weighted by atomic mass is 16.7. The average molecular weight is 296 g/mol. The van der Waals surface area contributed by atoms with E-state index in [1.54, 1.807) is 6.92 Å². The molecular weight excluding hydrogens is 276 g/mol. The van der Waals surface area contributed by atoms with Crippen molar-refractivity contribution in [2.45, 2.75) is 26.6 Å². The molecular formula is C19H20O3. The quantitative estimate of drug-likeness (QED) is 0.444. The molecule has 2 aromatic rings. The number of hydrogen-bond acceptors (Lipinski definition) is 3. The Morgan fingerprint density at radius 2 is 1.64 bits per heavy atom. The normalized spacial score (nSPS) is 11.5. The second-order valence-electron chi connectivity index (χ2n) is 5.03. The molecule has 2 aromatic carbocycles. The molecule has 0 spiro atoms. The summed E-state index contributed by atoms with van der Waals surface area (Å²) in [5.74, 6) is 0.230. The molecule has 0 aromatic heterocycles. The number of carbonyl (C=O) groups excluding carboxylic acids is 1. The van der Waals surface area contributed by atoms with Crippen molar-refractivity contribution < 1.29 is 14.3 Å². The van der Waals surface area contributed by atoms with Crippen molar-refractivity contribution in [3.05, 3.63) is 66.7 Å². The van der Waals surface area contributed by atoms with Crippen molar-refractivity contribution >= 4 is 5.97 Å². The van der Waals surface area contributed by atoms with Gasteiger partial charge in [-0.2, -0.15) is 0 Å². The average Bonchev–Trinajstić information content (AvgIpc) is 2.55. The second-order valence-corrected chi connectivity index (χ2v) is 5.03. The van der Waals surface area contributed by atoms with E-state index in [0.29, 0.717) is 17.7 Å². The highest BCUT2D eigenvalue weighted by Crippen LogP contribution is 2.23. The van der Waals surface area contributed by atoms with Crippen LogP contribution in [0.3, 0.4) is 0 Å². The minimum Gasteiger partial charge on any atom is -0.455 e. The molecule has 0 radical (unpaired) electrons. The fourth-order valence-corrected chi connectivity index (χ4v) is 1.92. The molecule has 0 aliphatic rings. The molecule has 3 nitrogen and oxygen atoms in total. The summed E-state index contributed by atoms with van der Waals surface area (Å²) in [7, 11) is 0. The molecule has 0 fully saturated rings. The lowest BCUT2D eigenvalue weighted by molar-refractivity contribution is -0.159. The van der Waals surface area contributed by atoms with E-state index in [2.05, 4.69) is 18.7 Å². The van der Waals surface area contributed by atoms with Crippen molar-refractivity contribution in [1.82, 2.24) is 0 Å². The second kappa shape index (κ2) is 7.46. The summed E-state index contributed by atoms with van der Waals surface area (Å²) >= 11 is 0. The third-order valence-electron chi connectivity index (χ3n) is 3.15. The molecule has 0 aliphatic carbocycles. The van der Waals surface area contributed by atoms with Crippen LogP contribution in [-0.2, 0) is 9.53 Å². The van der Waals surface area contributed by atoms with E-state index in [4.69, 9.17) is 9.47 Å². The van der Waals surface area contributed by atoms with Crippen LogP contribution < -0.4 is 4.74 Å². The molecule has 22 heavy (non-hydrogen) atoms. The first kappa shape index (κ1) is 15.8. The zero-order valence-electron chi connectivity index (χ0n) is 12.9. The Morgan fingerprint density at radius 1 is 1.05 bits per heavy atom. The van der Waals surface area contributed by atoms with Crippen molar-refractivity contribution in [3.63, 3.8) is 0 Å². The van der Waals surface area contributed by atoms with Crippen molar-refractivity contribution in [2.75, 3.05) is 0 Å². The lowest BCUT2D eigenvalue weighted by Gasteiger charge is -2.18. The lowest BCUT2D eigenvalue weighted by Crippen LogP contribution is -2.23. The molecule has 0 amide bonds. The number of esters is 1. The minimum absolute atomic E-state index is 0.362. The molecule has 0 bridgehead atoms. The zero-order valence-corrected chi connectivity index (χ0v) is 12.9. The fourth-order valence-electron chi connectivity index (χ4n) is 1.92. The minimum atomic E-state index is -0.605. The van der Waals surface area contributed by atoms with Crippen LogP contribution in [0.2, 0.25) is 0 Å². The molecule has 1 atom stereocenters. The Morgan fingerprint density at radius 3 is 2.18 bits per heavy atom. The van der Waals surface area contributed by atoms with Crippen LogP contribution in [0.1, 0.15) is 20.3 Å². The van der Waals surface area contributed by atoms with Gasteiger partial charge in [0.1, 0.15) is 5.75 Å². The summed E-state index contributed by atoms with van der Waals surface area (Å²) in [4.78, 5) is 11.5. The maximum atomic E-state index is 11.5. The molecule has 0 saturated carbocycles. The van der Waals surface area contributed by atoms with E-state index >= 15 is 0 Å². The number of ether oxygens (including phenoxy) is 2. The molecule has 1 unspecified atom stereocenters. The first-order valence-electron chi connectivity index (χ1n) is 7.28. The number of hydrogen-bond donors (Lipinski definition) is 0.